The van der Waals surface area contributed by atoms with E-state index >= 15 is 0 Å². The molecule has 1 fully saturated rings. The minimum atomic E-state index is -0.986. The molecule has 158 valence electrons. The summed E-state index contributed by atoms with van der Waals surface area (Å²) < 4.78 is 4.97. The van der Waals surface area contributed by atoms with Gasteiger partial charge >= 0.3 is 5.97 Å². The molecule has 6 nitrogen and oxygen atoms in total. The van der Waals surface area contributed by atoms with Gasteiger partial charge in [-0.05, 0) is 49.9 Å². The van der Waals surface area contributed by atoms with E-state index < -0.39 is 17.4 Å². The fourth-order valence-electron chi connectivity index (χ4n) is 3.58. The second kappa shape index (κ2) is 8.69. The largest absolute Gasteiger partial charge is 0.469 e. The van der Waals surface area contributed by atoms with Crippen molar-refractivity contribution in [3.8, 4) is 0 Å². The fraction of sp³-hybridized carbons (Fsp3) is 0.375. The third-order valence-electron chi connectivity index (χ3n) is 5.68. The first-order valence-electron chi connectivity index (χ1n) is 10.1. The van der Waals surface area contributed by atoms with E-state index in [2.05, 4.69) is 10.6 Å². The molecule has 30 heavy (non-hydrogen) atoms. The summed E-state index contributed by atoms with van der Waals surface area (Å²) in [6.45, 7) is 5.52. The van der Waals surface area contributed by atoms with Gasteiger partial charge in [-0.15, -0.1) is 0 Å². The van der Waals surface area contributed by atoms with Crippen LogP contribution in [-0.2, 0) is 14.3 Å². The van der Waals surface area contributed by atoms with Gasteiger partial charge in [-0.1, -0.05) is 43.3 Å². The Hall–Kier alpha value is -3.15. The molecule has 1 aliphatic rings. The normalized spacial score (nSPS) is 18.8. The van der Waals surface area contributed by atoms with Crippen LogP contribution in [0.3, 0.4) is 0 Å². The maximum Gasteiger partial charge on any atom is 0.313 e. The molecule has 0 saturated heterocycles. The predicted octanol–water partition coefficient (Wildman–Crippen LogP) is 3.95. The summed E-state index contributed by atoms with van der Waals surface area (Å²) in [6, 6.07) is 15.5. The molecule has 2 amide bonds. The lowest BCUT2D eigenvalue weighted by Crippen LogP contribution is -2.43. The molecule has 1 saturated carbocycles. The first-order valence-corrected chi connectivity index (χ1v) is 10.1. The Morgan fingerprint density at radius 3 is 2.33 bits per heavy atom. The zero-order chi connectivity index (χ0) is 21.9. The number of nitrogens with one attached hydrogen (secondary N) is 2. The van der Waals surface area contributed by atoms with E-state index in [9.17, 15) is 14.4 Å². The maximum atomic E-state index is 13.0. The van der Waals surface area contributed by atoms with Crippen molar-refractivity contribution in [2.75, 3.05) is 12.4 Å². The number of amides is 2. The number of methoxy groups -OCH3 is 1. The summed E-state index contributed by atoms with van der Waals surface area (Å²) in [6.07, 6.45) is 0.896. The Labute approximate surface area is 177 Å². The molecule has 0 aliphatic heterocycles. The van der Waals surface area contributed by atoms with Crippen LogP contribution in [0.1, 0.15) is 49.2 Å². The fourth-order valence-corrected chi connectivity index (χ4v) is 3.58. The number of hydrogen-bond acceptors (Lipinski definition) is 4. The van der Waals surface area contributed by atoms with Gasteiger partial charge in [-0.25, -0.2) is 0 Å². The lowest BCUT2D eigenvalue weighted by molar-refractivity contribution is -0.152. The monoisotopic (exact) mass is 408 g/mol. The number of rotatable bonds is 7. The molecule has 1 aliphatic carbocycles. The molecule has 0 bridgehead atoms. The number of carbonyl (C=O) groups is 3. The van der Waals surface area contributed by atoms with Crippen molar-refractivity contribution in [2.45, 2.75) is 33.2 Å². The average Bonchev–Trinajstić information content (AvgIpc) is 3.48. The molecule has 0 heterocycles. The van der Waals surface area contributed by atoms with Crippen molar-refractivity contribution in [3.05, 3.63) is 65.7 Å². The maximum absolute atomic E-state index is 13.0. The Bertz CT molecular complexity index is 939. The highest BCUT2D eigenvalue weighted by atomic mass is 16.5. The molecular weight excluding hydrogens is 380 g/mol. The lowest BCUT2D eigenvalue weighted by atomic mass is 9.80. The summed E-state index contributed by atoms with van der Waals surface area (Å²) >= 11 is 0. The van der Waals surface area contributed by atoms with E-state index in [1.165, 1.54) is 7.11 Å². The van der Waals surface area contributed by atoms with Gasteiger partial charge in [0.1, 0.15) is 0 Å². The summed E-state index contributed by atoms with van der Waals surface area (Å²) in [5.74, 6) is -0.323. The van der Waals surface area contributed by atoms with Crippen LogP contribution < -0.4 is 10.6 Å². The van der Waals surface area contributed by atoms with Crippen LogP contribution in [0.25, 0.3) is 0 Å². The highest BCUT2D eigenvalue weighted by molar-refractivity contribution is 5.98. The topological polar surface area (TPSA) is 84.5 Å². The smallest absolute Gasteiger partial charge is 0.313 e. The molecule has 2 aromatic rings. The third kappa shape index (κ3) is 4.70. The van der Waals surface area contributed by atoms with Crippen molar-refractivity contribution in [1.29, 1.82) is 0 Å². The van der Waals surface area contributed by atoms with Gasteiger partial charge in [0, 0.05) is 17.2 Å². The number of carbonyl (C=O) groups excluding carboxylic acids is 3. The Morgan fingerprint density at radius 1 is 1.07 bits per heavy atom. The highest BCUT2D eigenvalue weighted by Crippen LogP contribution is 2.38. The van der Waals surface area contributed by atoms with Crippen LogP contribution >= 0.6 is 0 Å². The van der Waals surface area contributed by atoms with Crippen molar-refractivity contribution < 1.29 is 19.1 Å². The van der Waals surface area contributed by atoms with Gasteiger partial charge in [0.2, 0.25) is 5.91 Å². The lowest BCUT2D eigenvalue weighted by Gasteiger charge is -2.33. The number of anilines is 1. The standard InChI is InChI=1S/C24H28N2O4/c1-15-13-19(15)22(28)25-18-12-8-11-17(14-18)21(27)26-20(16-9-6-5-7-10-16)24(2,3)23(29)30-4/h5-12,14-15,19-20H,13H2,1-4H3,(H,25,28)(H,26,27)/t15-,19+,20-/m1/s1. The van der Waals surface area contributed by atoms with Gasteiger partial charge in [-0.2, -0.15) is 0 Å². The number of benzene rings is 2. The van der Waals surface area contributed by atoms with Crippen LogP contribution in [0.2, 0.25) is 0 Å². The molecule has 0 unspecified atom stereocenters. The summed E-state index contributed by atoms with van der Waals surface area (Å²) in [5.41, 5.74) is 0.793. The minimum Gasteiger partial charge on any atom is -0.469 e. The predicted molar refractivity (Wildman–Crippen MR) is 115 cm³/mol. The van der Waals surface area contributed by atoms with Crippen LogP contribution in [0.4, 0.5) is 5.69 Å². The van der Waals surface area contributed by atoms with E-state index in [4.69, 9.17) is 4.74 Å². The third-order valence-corrected chi connectivity index (χ3v) is 5.68. The summed E-state index contributed by atoms with van der Waals surface area (Å²) in [5, 5.41) is 5.85. The number of ether oxygens (including phenoxy) is 1. The Morgan fingerprint density at radius 2 is 1.73 bits per heavy atom. The zero-order valence-electron chi connectivity index (χ0n) is 17.8. The number of esters is 1. The Kier molecular flexibility index (Phi) is 6.25. The number of hydrogen-bond donors (Lipinski definition) is 2. The van der Waals surface area contributed by atoms with Crippen LogP contribution in [0.5, 0.6) is 0 Å². The van der Waals surface area contributed by atoms with Crippen molar-refractivity contribution >= 4 is 23.5 Å². The first kappa shape index (κ1) is 21.6. The van der Waals surface area contributed by atoms with Crippen molar-refractivity contribution in [1.82, 2.24) is 5.32 Å². The SMILES string of the molecule is COC(=O)C(C)(C)[C@H](NC(=O)c1cccc(NC(=O)[C@H]2C[C@H]2C)c1)c1ccccc1. The average molecular weight is 408 g/mol. The Balaban J connectivity index is 1.81. The highest BCUT2D eigenvalue weighted by Gasteiger charge is 2.40. The van der Waals surface area contributed by atoms with Gasteiger partial charge in [0.15, 0.2) is 0 Å². The van der Waals surface area contributed by atoms with Crippen LogP contribution in [0, 0.1) is 17.3 Å². The molecule has 2 N–H and O–H groups in total. The van der Waals surface area contributed by atoms with Gasteiger partial charge < -0.3 is 15.4 Å². The van der Waals surface area contributed by atoms with Gasteiger partial charge in [-0.3, -0.25) is 14.4 Å². The molecule has 2 aromatic carbocycles. The first-order chi connectivity index (χ1) is 14.2. The van der Waals surface area contributed by atoms with Crippen molar-refractivity contribution in [3.63, 3.8) is 0 Å². The van der Waals surface area contributed by atoms with E-state index in [1.807, 2.05) is 37.3 Å². The quantitative estimate of drug-likeness (QED) is 0.680. The molecule has 0 aromatic heterocycles. The van der Waals surface area contributed by atoms with Gasteiger partial charge in [0.05, 0.1) is 18.6 Å². The van der Waals surface area contributed by atoms with Crippen LogP contribution in [-0.4, -0.2) is 24.9 Å². The molecular formula is C24H28N2O4. The molecule has 3 rings (SSSR count). The summed E-state index contributed by atoms with van der Waals surface area (Å²) in [7, 11) is 1.33. The second-order valence-corrected chi connectivity index (χ2v) is 8.42. The van der Waals surface area contributed by atoms with E-state index in [1.54, 1.807) is 38.1 Å². The molecule has 3 atom stereocenters. The van der Waals surface area contributed by atoms with Crippen molar-refractivity contribution in [2.24, 2.45) is 17.3 Å². The minimum absolute atomic E-state index is 0.0194. The van der Waals surface area contributed by atoms with Crippen LogP contribution in [0.15, 0.2) is 54.6 Å². The molecule has 6 heteroatoms. The molecule has 0 spiro atoms. The van der Waals surface area contributed by atoms with E-state index in [0.717, 1.165) is 12.0 Å². The van der Waals surface area contributed by atoms with E-state index in [-0.39, 0.29) is 17.7 Å². The zero-order valence-corrected chi connectivity index (χ0v) is 17.8. The van der Waals surface area contributed by atoms with E-state index in [0.29, 0.717) is 17.2 Å². The second-order valence-electron chi connectivity index (χ2n) is 8.42. The molecule has 0 radical (unpaired) electrons. The van der Waals surface area contributed by atoms with Gasteiger partial charge in [0.25, 0.3) is 5.91 Å². The summed E-state index contributed by atoms with van der Waals surface area (Å²) in [4.78, 5) is 37.7.